The second-order valence-electron chi connectivity index (χ2n) is 5.51. The Kier molecular flexibility index (Phi) is 4.64. The van der Waals surface area contributed by atoms with Crippen LogP contribution in [-0.4, -0.2) is 70.3 Å². The van der Waals surface area contributed by atoms with Gasteiger partial charge in [0.2, 0.25) is 0 Å². The lowest BCUT2D eigenvalue weighted by Gasteiger charge is -2.26. The van der Waals surface area contributed by atoms with Crippen molar-refractivity contribution in [1.82, 2.24) is 10.2 Å². The van der Waals surface area contributed by atoms with Gasteiger partial charge in [0.15, 0.2) is 9.84 Å². The summed E-state index contributed by atoms with van der Waals surface area (Å²) in [6.45, 7) is 1.75. The zero-order valence-corrected chi connectivity index (χ0v) is 12.1. The van der Waals surface area contributed by atoms with E-state index in [0.717, 1.165) is 32.4 Å². The molecule has 0 aromatic heterocycles. The van der Waals surface area contributed by atoms with E-state index in [1.165, 1.54) is 0 Å². The van der Waals surface area contributed by atoms with Crippen molar-refractivity contribution in [2.75, 3.05) is 38.7 Å². The predicted molar refractivity (Wildman–Crippen MR) is 71.5 cm³/mol. The van der Waals surface area contributed by atoms with Crippen LogP contribution in [-0.2, 0) is 14.6 Å². The summed E-state index contributed by atoms with van der Waals surface area (Å²) in [4.78, 5) is 2.16. The first-order valence-electron chi connectivity index (χ1n) is 6.71. The van der Waals surface area contributed by atoms with E-state index in [2.05, 4.69) is 10.2 Å². The van der Waals surface area contributed by atoms with Crippen molar-refractivity contribution in [3.63, 3.8) is 0 Å². The Hall–Kier alpha value is -0.170. The fourth-order valence-electron chi connectivity index (χ4n) is 2.89. The Bertz CT molecular complexity index is 372. The highest BCUT2D eigenvalue weighted by Crippen LogP contribution is 2.22. The summed E-state index contributed by atoms with van der Waals surface area (Å²) in [5, 5.41) is 3.13. The van der Waals surface area contributed by atoms with E-state index in [-0.39, 0.29) is 12.1 Å². The molecule has 0 amide bonds. The minimum Gasteiger partial charge on any atom is -0.372 e. The normalized spacial score (nSPS) is 35.4. The van der Waals surface area contributed by atoms with Crippen molar-refractivity contribution < 1.29 is 13.2 Å². The molecule has 6 heteroatoms. The molecule has 2 rings (SSSR count). The summed E-state index contributed by atoms with van der Waals surface area (Å²) < 4.78 is 28.8. The molecule has 5 nitrogen and oxygen atoms in total. The minimum absolute atomic E-state index is 0.182. The number of hydrogen-bond acceptors (Lipinski definition) is 5. The fourth-order valence-corrected chi connectivity index (χ4v) is 4.69. The molecule has 3 atom stereocenters. The highest BCUT2D eigenvalue weighted by atomic mass is 32.2. The summed E-state index contributed by atoms with van der Waals surface area (Å²) in [7, 11) is 1.16. The smallest absolute Gasteiger partial charge is 0.151 e. The van der Waals surface area contributed by atoms with Crippen LogP contribution in [0.15, 0.2) is 0 Å². The molecule has 0 aromatic carbocycles. The third-order valence-corrected chi connectivity index (χ3v) is 5.70. The van der Waals surface area contributed by atoms with E-state index >= 15 is 0 Å². The summed E-state index contributed by atoms with van der Waals surface area (Å²) in [5.41, 5.74) is 0. The van der Waals surface area contributed by atoms with Crippen LogP contribution in [0.5, 0.6) is 0 Å². The van der Waals surface area contributed by atoms with Gasteiger partial charge in [-0.3, -0.25) is 4.90 Å². The number of ether oxygens (including phenoxy) is 1. The van der Waals surface area contributed by atoms with E-state index in [1.54, 1.807) is 0 Å². The maximum absolute atomic E-state index is 11.5. The molecule has 1 N–H and O–H groups in total. The van der Waals surface area contributed by atoms with E-state index < -0.39 is 9.84 Å². The van der Waals surface area contributed by atoms with Crippen molar-refractivity contribution in [1.29, 1.82) is 0 Å². The zero-order chi connectivity index (χ0) is 13.2. The van der Waals surface area contributed by atoms with Gasteiger partial charge >= 0.3 is 0 Å². The molecular formula is C12H24N2O3S. The summed E-state index contributed by atoms with van der Waals surface area (Å²) in [6.07, 6.45) is 3.53. The molecule has 0 radical (unpaired) electrons. The molecule has 18 heavy (non-hydrogen) atoms. The van der Waals surface area contributed by atoms with Crippen LogP contribution in [0.1, 0.15) is 19.3 Å². The quantitative estimate of drug-likeness (QED) is 0.758. The molecule has 0 bridgehead atoms. The van der Waals surface area contributed by atoms with Gasteiger partial charge in [-0.15, -0.1) is 0 Å². The van der Waals surface area contributed by atoms with E-state index in [1.807, 2.05) is 14.1 Å². The number of hydrogen-bond donors (Lipinski definition) is 1. The molecular weight excluding hydrogens is 252 g/mol. The Morgan fingerprint density at radius 1 is 1.28 bits per heavy atom. The number of nitrogens with one attached hydrogen (secondary N) is 1. The molecule has 2 fully saturated rings. The molecule has 2 heterocycles. The van der Waals surface area contributed by atoms with Gasteiger partial charge in [0.1, 0.15) is 0 Å². The fraction of sp³-hybridized carbons (Fsp3) is 1.00. The van der Waals surface area contributed by atoms with E-state index in [4.69, 9.17) is 4.74 Å². The monoisotopic (exact) mass is 276 g/mol. The second kappa shape index (κ2) is 5.86. The van der Waals surface area contributed by atoms with Crippen molar-refractivity contribution in [2.45, 2.75) is 37.5 Å². The molecule has 2 aliphatic heterocycles. The van der Waals surface area contributed by atoms with Gasteiger partial charge in [0.05, 0.1) is 23.7 Å². The standard InChI is InChI=1S/C12H24N2O3S/c1-13-7-11-3-4-12(17-11)8-14(2)10-5-6-18(15,16)9-10/h10-13H,3-9H2,1-2H3. The zero-order valence-electron chi connectivity index (χ0n) is 11.3. The van der Waals surface area contributed by atoms with Crippen LogP contribution >= 0.6 is 0 Å². The van der Waals surface area contributed by atoms with Gasteiger partial charge in [-0.1, -0.05) is 0 Å². The average molecular weight is 276 g/mol. The van der Waals surface area contributed by atoms with E-state index in [0.29, 0.717) is 17.6 Å². The highest BCUT2D eigenvalue weighted by Gasteiger charge is 2.33. The molecule has 0 spiro atoms. The molecule has 106 valence electrons. The van der Waals surface area contributed by atoms with Crippen LogP contribution in [0.3, 0.4) is 0 Å². The maximum Gasteiger partial charge on any atom is 0.151 e. The van der Waals surface area contributed by atoms with Crippen LogP contribution in [0.25, 0.3) is 0 Å². The van der Waals surface area contributed by atoms with Gasteiger partial charge in [-0.2, -0.15) is 0 Å². The molecule has 2 aliphatic rings. The lowest BCUT2D eigenvalue weighted by molar-refractivity contribution is 0.0232. The largest absolute Gasteiger partial charge is 0.372 e. The second-order valence-corrected chi connectivity index (χ2v) is 7.74. The highest BCUT2D eigenvalue weighted by molar-refractivity contribution is 7.91. The average Bonchev–Trinajstić information content (AvgIpc) is 2.86. The Balaban J connectivity index is 1.77. The number of nitrogens with zero attached hydrogens (tertiary/aromatic N) is 1. The van der Waals surface area contributed by atoms with Gasteiger partial charge in [0.25, 0.3) is 0 Å². The topological polar surface area (TPSA) is 58.6 Å². The first kappa shape index (κ1) is 14.2. The van der Waals surface area contributed by atoms with Gasteiger partial charge < -0.3 is 10.1 Å². The Morgan fingerprint density at radius 3 is 2.61 bits per heavy atom. The van der Waals surface area contributed by atoms with Crippen molar-refractivity contribution >= 4 is 9.84 Å². The molecule has 0 saturated carbocycles. The van der Waals surface area contributed by atoms with Crippen LogP contribution < -0.4 is 5.32 Å². The first-order valence-corrected chi connectivity index (χ1v) is 8.53. The predicted octanol–water partition coefficient (Wildman–Crippen LogP) is -0.128. The molecule has 0 aromatic rings. The maximum atomic E-state index is 11.5. The number of rotatable bonds is 5. The van der Waals surface area contributed by atoms with Crippen molar-refractivity contribution in [3.05, 3.63) is 0 Å². The summed E-state index contributed by atoms with van der Waals surface area (Å²) >= 11 is 0. The van der Waals surface area contributed by atoms with E-state index in [9.17, 15) is 8.42 Å². The summed E-state index contributed by atoms with van der Waals surface area (Å²) in [5.74, 6) is 0.659. The lowest BCUT2D eigenvalue weighted by Crippen LogP contribution is -2.38. The Morgan fingerprint density at radius 2 is 2.00 bits per heavy atom. The summed E-state index contributed by atoms with van der Waals surface area (Å²) in [6, 6.07) is 0.182. The lowest BCUT2D eigenvalue weighted by atomic mass is 10.1. The molecule has 2 saturated heterocycles. The SMILES string of the molecule is CNCC1CCC(CN(C)C2CCS(=O)(=O)C2)O1. The third kappa shape index (κ3) is 3.66. The van der Waals surface area contributed by atoms with Gasteiger partial charge in [-0.25, -0.2) is 8.42 Å². The molecule has 0 aliphatic carbocycles. The molecule has 3 unspecified atom stereocenters. The van der Waals surface area contributed by atoms with Crippen molar-refractivity contribution in [2.24, 2.45) is 0 Å². The van der Waals surface area contributed by atoms with Gasteiger partial charge in [0, 0.05) is 19.1 Å². The van der Waals surface area contributed by atoms with Crippen molar-refractivity contribution in [3.8, 4) is 0 Å². The van der Waals surface area contributed by atoms with Crippen LogP contribution in [0, 0.1) is 0 Å². The van der Waals surface area contributed by atoms with Gasteiger partial charge in [-0.05, 0) is 33.4 Å². The van der Waals surface area contributed by atoms with Crippen LogP contribution in [0.2, 0.25) is 0 Å². The first-order chi connectivity index (χ1) is 8.50. The van der Waals surface area contributed by atoms with Crippen LogP contribution in [0.4, 0.5) is 0 Å². The Labute approximate surface area is 110 Å². The third-order valence-electron chi connectivity index (χ3n) is 3.95. The number of sulfone groups is 1. The number of likely N-dealkylation sites (N-methyl/N-ethyl adjacent to an activating group) is 2. The minimum atomic E-state index is -2.79.